The number of thioether (sulfide) groups is 1. The Morgan fingerprint density at radius 3 is 3.25 bits per heavy atom. The molecule has 0 aromatic heterocycles. The number of nitrogens with one attached hydrogen (secondary N) is 1. The normalized spacial score (nSPS) is 42.8. The van der Waals surface area contributed by atoms with E-state index in [0.717, 1.165) is 6.54 Å². The third-order valence-corrected chi connectivity index (χ3v) is 2.95. The van der Waals surface area contributed by atoms with Crippen LogP contribution in [0.25, 0.3) is 0 Å². The number of hydrogen-bond acceptors (Lipinski definition) is 2. The minimum Gasteiger partial charge on any atom is -0.355 e. The predicted octanol–water partition coefficient (Wildman–Crippen LogP) is -0.00970. The van der Waals surface area contributed by atoms with Gasteiger partial charge in [-0.25, -0.2) is 0 Å². The van der Waals surface area contributed by atoms with Crippen molar-refractivity contribution in [1.29, 1.82) is 0 Å². The second-order valence-corrected chi connectivity index (χ2v) is 3.56. The van der Waals surface area contributed by atoms with E-state index < -0.39 is 0 Å². The summed E-state index contributed by atoms with van der Waals surface area (Å²) in [5.41, 5.74) is 0. The van der Waals surface area contributed by atoms with E-state index in [0.29, 0.717) is 10.5 Å². The molecule has 2 unspecified atom stereocenters. The van der Waals surface area contributed by atoms with Crippen molar-refractivity contribution in [2.24, 2.45) is 0 Å². The summed E-state index contributed by atoms with van der Waals surface area (Å²) in [5, 5.41) is 3.83. The molecule has 0 radical (unpaired) electrons. The predicted molar refractivity (Wildman–Crippen MR) is 32.8 cm³/mol. The molecule has 2 aliphatic heterocycles. The number of hydrogen-bond donors (Lipinski definition) is 1. The lowest BCUT2D eigenvalue weighted by molar-refractivity contribution is -0.120. The van der Waals surface area contributed by atoms with Crippen molar-refractivity contribution in [1.82, 2.24) is 5.32 Å². The van der Waals surface area contributed by atoms with Crippen LogP contribution in [0.5, 0.6) is 0 Å². The van der Waals surface area contributed by atoms with E-state index in [-0.39, 0.29) is 5.91 Å². The van der Waals surface area contributed by atoms with Gasteiger partial charge in [0.1, 0.15) is 0 Å². The number of fused-ring (bicyclic) bond motifs is 1. The molecule has 2 fully saturated rings. The molecule has 0 bridgehead atoms. The lowest BCUT2D eigenvalue weighted by Crippen LogP contribution is -2.34. The Balaban J connectivity index is 2.08. The van der Waals surface area contributed by atoms with Crippen LogP contribution in [-0.2, 0) is 4.79 Å². The van der Waals surface area contributed by atoms with Crippen molar-refractivity contribution in [3.63, 3.8) is 0 Å². The highest BCUT2D eigenvalue weighted by molar-refractivity contribution is 8.08. The van der Waals surface area contributed by atoms with Crippen LogP contribution < -0.4 is 5.32 Å². The Hall–Kier alpha value is -0.180. The Labute approximate surface area is 52.0 Å². The second kappa shape index (κ2) is 1.41. The van der Waals surface area contributed by atoms with Crippen molar-refractivity contribution in [3.8, 4) is 0 Å². The molecule has 0 aromatic rings. The molecule has 1 N–H and O–H groups in total. The van der Waals surface area contributed by atoms with Crippen molar-refractivity contribution >= 4 is 17.7 Å². The van der Waals surface area contributed by atoms with Crippen LogP contribution in [-0.4, -0.2) is 23.0 Å². The molecule has 2 rings (SSSR count). The SMILES string of the molecule is O=C1NCCC2SC12. The van der Waals surface area contributed by atoms with Gasteiger partial charge in [-0.05, 0) is 6.42 Å². The van der Waals surface area contributed by atoms with Gasteiger partial charge >= 0.3 is 0 Å². The number of carbonyl (C=O) groups is 1. The van der Waals surface area contributed by atoms with Crippen molar-refractivity contribution in [2.45, 2.75) is 16.9 Å². The van der Waals surface area contributed by atoms with E-state index >= 15 is 0 Å². The van der Waals surface area contributed by atoms with E-state index in [2.05, 4.69) is 5.32 Å². The number of carbonyl (C=O) groups excluding carboxylic acids is 1. The van der Waals surface area contributed by atoms with Crippen molar-refractivity contribution in [3.05, 3.63) is 0 Å². The zero-order chi connectivity index (χ0) is 5.56. The molecule has 2 nitrogen and oxygen atoms in total. The fourth-order valence-electron chi connectivity index (χ4n) is 1.03. The summed E-state index contributed by atoms with van der Waals surface area (Å²) in [6.45, 7) is 0.896. The molecule has 2 saturated heterocycles. The maximum absolute atomic E-state index is 10.7. The van der Waals surface area contributed by atoms with E-state index in [1.165, 1.54) is 6.42 Å². The molecule has 1 amide bonds. The first-order valence-electron chi connectivity index (χ1n) is 2.81. The largest absolute Gasteiger partial charge is 0.355 e. The molecule has 3 heteroatoms. The van der Waals surface area contributed by atoms with Crippen LogP contribution in [0.4, 0.5) is 0 Å². The first-order chi connectivity index (χ1) is 3.88. The second-order valence-electron chi connectivity index (χ2n) is 2.17. The highest BCUT2D eigenvalue weighted by Crippen LogP contribution is 2.45. The molecule has 44 valence electrons. The molecule has 2 atom stereocenters. The summed E-state index contributed by atoms with van der Waals surface area (Å²) < 4.78 is 0. The monoisotopic (exact) mass is 129 g/mol. The summed E-state index contributed by atoms with van der Waals surface area (Å²) in [7, 11) is 0. The summed E-state index contributed by atoms with van der Waals surface area (Å²) in [6, 6.07) is 0. The molecule has 2 heterocycles. The van der Waals surface area contributed by atoms with Crippen LogP contribution in [0, 0.1) is 0 Å². The van der Waals surface area contributed by atoms with E-state index in [4.69, 9.17) is 0 Å². The van der Waals surface area contributed by atoms with Gasteiger partial charge in [-0.2, -0.15) is 0 Å². The summed E-state index contributed by atoms with van der Waals surface area (Å²) in [6.07, 6.45) is 1.18. The minimum absolute atomic E-state index is 0.256. The zero-order valence-electron chi connectivity index (χ0n) is 4.39. The quantitative estimate of drug-likeness (QED) is 0.466. The van der Waals surface area contributed by atoms with Gasteiger partial charge in [0.2, 0.25) is 5.91 Å². The molecule has 0 spiro atoms. The van der Waals surface area contributed by atoms with Gasteiger partial charge in [-0.15, -0.1) is 11.8 Å². The van der Waals surface area contributed by atoms with Crippen molar-refractivity contribution in [2.75, 3.05) is 6.54 Å². The van der Waals surface area contributed by atoms with E-state index in [9.17, 15) is 4.79 Å². The number of rotatable bonds is 0. The first-order valence-corrected chi connectivity index (χ1v) is 3.75. The molecule has 2 aliphatic rings. The molecular formula is C5H7NOS. The summed E-state index contributed by atoms with van der Waals surface area (Å²) >= 11 is 1.80. The molecule has 0 saturated carbocycles. The number of piperidine rings is 1. The maximum Gasteiger partial charge on any atom is 0.234 e. The Bertz CT molecular complexity index is 136. The van der Waals surface area contributed by atoms with E-state index in [1.54, 1.807) is 11.8 Å². The van der Waals surface area contributed by atoms with Gasteiger partial charge in [-0.3, -0.25) is 4.79 Å². The summed E-state index contributed by atoms with van der Waals surface area (Å²) in [5.74, 6) is 0.256. The fourth-order valence-corrected chi connectivity index (χ4v) is 2.04. The van der Waals surface area contributed by atoms with Gasteiger partial charge in [0.15, 0.2) is 0 Å². The molecule has 0 aromatic carbocycles. The maximum atomic E-state index is 10.7. The average Bonchev–Trinajstić information content (AvgIpc) is 2.45. The van der Waals surface area contributed by atoms with Gasteiger partial charge in [0.05, 0.1) is 5.25 Å². The first kappa shape index (κ1) is 4.68. The fraction of sp³-hybridized carbons (Fsp3) is 0.800. The van der Waals surface area contributed by atoms with Gasteiger partial charge in [0.25, 0.3) is 0 Å². The third-order valence-electron chi connectivity index (χ3n) is 1.57. The summed E-state index contributed by atoms with van der Waals surface area (Å²) in [4.78, 5) is 10.7. The van der Waals surface area contributed by atoms with E-state index in [1.807, 2.05) is 0 Å². The van der Waals surface area contributed by atoms with Gasteiger partial charge < -0.3 is 5.32 Å². The molecular weight excluding hydrogens is 122 g/mol. The Morgan fingerprint density at radius 2 is 2.62 bits per heavy atom. The molecule has 0 aliphatic carbocycles. The average molecular weight is 129 g/mol. The Kier molecular flexibility index (Phi) is 0.821. The lowest BCUT2D eigenvalue weighted by Gasteiger charge is -2.06. The van der Waals surface area contributed by atoms with Crippen LogP contribution in [0.1, 0.15) is 6.42 Å². The lowest BCUT2D eigenvalue weighted by atomic mass is 10.2. The Morgan fingerprint density at radius 1 is 1.75 bits per heavy atom. The van der Waals surface area contributed by atoms with Crippen LogP contribution in [0.2, 0.25) is 0 Å². The van der Waals surface area contributed by atoms with Crippen molar-refractivity contribution < 1.29 is 4.79 Å². The van der Waals surface area contributed by atoms with Crippen LogP contribution in [0.3, 0.4) is 0 Å². The number of amides is 1. The minimum atomic E-state index is 0.256. The topological polar surface area (TPSA) is 29.1 Å². The van der Waals surface area contributed by atoms with Crippen LogP contribution in [0.15, 0.2) is 0 Å². The van der Waals surface area contributed by atoms with Gasteiger partial charge in [0, 0.05) is 11.8 Å². The smallest absolute Gasteiger partial charge is 0.234 e. The standard InChI is InChI=1S/C5H7NOS/c7-5-4-3(8-4)1-2-6-5/h3-4H,1-2H2,(H,6,7). The third kappa shape index (κ3) is 0.540. The zero-order valence-corrected chi connectivity index (χ0v) is 5.20. The highest BCUT2D eigenvalue weighted by atomic mass is 32.2. The highest BCUT2D eigenvalue weighted by Gasteiger charge is 2.46. The van der Waals surface area contributed by atoms with Crippen LogP contribution >= 0.6 is 11.8 Å². The van der Waals surface area contributed by atoms with Gasteiger partial charge in [-0.1, -0.05) is 0 Å². The molecule has 8 heavy (non-hydrogen) atoms.